The van der Waals surface area contributed by atoms with Crippen LogP contribution < -0.4 is 5.32 Å². The molecule has 0 bridgehead atoms. The average Bonchev–Trinajstić information content (AvgIpc) is 2.75. The van der Waals surface area contributed by atoms with Gasteiger partial charge < -0.3 is 5.32 Å². The van der Waals surface area contributed by atoms with Crippen molar-refractivity contribution in [1.82, 2.24) is 9.97 Å². The topological polar surface area (TPSA) is 37.8 Å². The lowest BCUT2D eigenvalue weighted by Gasteiger charge is -2.22. The number of anilines is 2. The molecule has 7 heteroatoms. The lowest BCUT2D eigenvalue weighted by Crippen LogP contribution is -2.10. The summed E-state index contributed by atoms with van der Waals surface area (Å²) in [5.74, 6) is 0.746. The Kier molecular flexibility index (Phi) is 6.27. The van der Waals surface area contributed by atoms with Gasteiger partial charge in [0.2, 0.25) is 5.95 Å². The van der Waals surface area contributed by atoms with Crippen LogP contribution in [0.25, 0.3) is 0 Å². The SMILES string of the molecule is FC(F)(F)c1cnc(Nc2ccc(C3CCCCC3)cc2)nc1Sc1ccccc1. The number of nitrogens with zero attached hydrogens (tertiary/aromatic N) is 2. The Morgan fingerprint density at radius 1 is 0.900 bits per heavy atom. The van der Waals surface area contributed by atoms with Crippen molar-refractivity contribution >= 4 is 23.4 Å². The van der Waals surface area contributed by atoms with Gasteiger partial charge in [-0.15, -0.1) is 0 Å². The molecule has 0 unspecified atom stereocenters. The van der Waals surface area contributed by atoms with Crippen molar-refractivity contribution in [2.24, 2.45) is 0 Å². The normalized spacial score (nSPS) is 15.2. The molecule has 2 aromatic carbocycles. The van der Waals surface area contributed by atoms with Gasteiger partial charge in [-0.25, -0.2) is 9.97 Å². The van der Waals surface area contributed by atoms with E-state index in [0.29, 0.717) is 10.8 Å². The summed E-state index contributed by atoms with van der Waals surface area (Å²) in [5, 5.41) is 2.92. The number of benzene rings is 2. The Labute approximate surface area is 178 Å². The molecule has 1 aromatic heterocycles. The van der Waals surface area contributed by atoms with Crippen LogP contribution in [-0.4, -0.2) is 9.97 Å². The summed E-state index contributed by atoms with van der Waals surface area (Å²) >= 11 is 0.976. The van der Waals surface area contributed by atoms with Gasteiger partial charge in [-0.2, -0.15) is 13.2 Å². The van der Waals surface area contributed by atoms with Gasteiger partial charge in [-0.05, 0) is 48.6 Å². The van der Waals surface area contributed by atoms with Crippen LogP contribution in [0, 0.1) is 0 Å². The van der Waals surface area contributed by atoms with Crippen LogP contribution in [0.1, 0.15) is 49.1 Å². The lowest BCUT2D eigenvalue weighted by molar-refractivity contribution is -0.140. The van der Waals surface area contributed by atoms with E-state index in [1.807, 2.05) is 18.2 Å². The van der Waals surface area contributed by atoms with Gasteiger partial charge in [0, 0.05) is 16.8 Å². The monoisotopic (exact) mass is 429 g/mol. The maximum atomic E-state index is 13.4. The molecule has 1 N–H and O–H groups in total. The zero-order valence-electron chi connectivity index (χ0n) is 16.3. The van der Waals surface area contributed by atoms with Crippen LogP contribution in [0.2, 0.25) is 0 Å². The Balaban J connectivity index is 1.54. The second-order valence-corrected chi connectivity index (χ2v) is 8.47. The minimum absolute atomic E-state index is 0.120. The largest absolute Gasteiger partial charge is 0.420 e. The van der Waals surface area contributed by atoms with Crippen molar-refractivity contribution in [1.29, 1.82) is 0 Å². The Morgan fingerprint density at radius 2 is 1.60 bits per heavy atom. The smallest absolute Gasteiger partial charge is 0.324 e. The number of halogens is 3. The minimum atomic E-state index is -4.52. The molecule has 156 valence electrons. The number of nitrogens with one attached hydrogen (secondary N) is 1. The average molecular weight is 430 g/mol. The Bertz CT molecular complexity index is 969. The highest BCUT2D eigenvalue weighted by Crippen LogP contribution is 2.39. The van der Waals surface area contributed by atoms with Crippen LogP contribution in [0.4, 0.5) is 24.8 Å². The third kappa shape index (κ3) is 5.14. The highest BCUT2D eigenvalue weighted by atomic mass is 32.2. The third-order valence-corrected chi connectivity index (χ3v) is 6.27. The van der Waals surface area contributed by atoms with Gasteiger partial charge in [0.25, 0.3) is 0 Å². The molecule has 0 aliphatic heterocycles. The summed E-state index contributed by atoms with van der Waals surface area (Å²) in [6.45, 7) is 0. The molecule has 1 aliphatic carbocycles. The summed E-state index contributed by atoms with van der Waals surface area (Å²) in [6, 6.07) is 16.9. The molecule has 1 aliphatic rings. The molecule has 1 heterocycles. The Hall–Kier alpha value is -2.54. The van der Waals surface area contributed by atoms with Gasteiger partial charge in [0.05, 0.1) is 0 Å². The first kappa shape index (κ1) is 20.7. The van der Waals surface area contributed by atoms with E-state index < -0.39 is 11.7 Å². The van der Waals surface area contributed by atoms with Crippen LogP contribution in [0.15, 0.2) is 70.7 Å². The fraction of sp³-hybridized carbons (Fsp3) is 0.304. The van der Waals surface area contributed by atoms with Crippen molar-refractivity contribution in [3.63, 3.8) is 0 Å². The molecule has 0 atom stereocenters. The molecule has 0 saturated heterocycles. The predicted molar refractivity (Wildman–Crippen MR) is 113 cm³/mol. The second kappa shape index (κ2) is 9.08. The molecule has 4 rings (SSSR count). The number of rotatable bonds is 5. The molecule has 30 heavy (non-hydrogen) atoms. The second-order valence-electron chi connectivity index (χ2n) is 7.41. The molecule has 1 fully saturated rings. The van der Waals surface area contributed by atoms with E-state index >= 15 is 0 Å². The first-order chi connectivity index (χ1) is 14.5. The van der Waals surface area contributed by atoms with E-state index in [9.17, 15) is 13.2 Å². The van der Waals surface area contributed by atoms with Crippen molar-refractivity contribution in [2.75, 3.05) is 5.32 Å². The summed E-state index contributed by atoms with van der Waals surface area (Å²) in [6.07, 6.45) is 2.61. The third-order valence-electron chi connectivity index (χ3n) is 5.26. The van der Waals surface area contributed by atoms with E-state index in [4.69, 9.17) is 0 Å². The van der Waals surface area contributed by atoms with Crippen molar-refractivity contribution in [3.05, 3.63) is 71.9 Å². The number of hydrogen-bond acceptors (Lipinski definition) is 4. The maximum absolute atomic E-state index is 13.4. The molecule has 1 saturated carbocycles. The minimum Gasteiger partial charge on any atom is -0.324 e. The van der Waals surface area contributed by atoms with Gasteiger partial charge in [-0.3, -0.25) is 0 Å². The fourth-order valence-corrected chi connectivity index (χ4v) is 4.63. The standard InChI is InChI=1S/C23H22F3N3S/c24-23(25,26)20-15-27-22(29-21(20)30-19-9-5-2-6-10-19)28-18-13-11-17(12-14-18)16-7-3-1-4-8-16/h2,5-6,9-16H,1,3-4,7-8H2,(H,27,28,29). The lowest BCUT2D eigenvalue weighted by atomic mass is 9.84. The molecule has 3 aromatic rings. The van der Waals surface area contributed by atoms with Crippen LogP contribution in [0.5, 0.6) is 0 Å². The number of alkyl halides is 3. The molecular weight excluding hydrogens is 407 g/mol. The van der Waals surface area contributed by atoms with Crippen LogP contribution in [0.3, 0.4) is 0 Å². The Morgan fingerprint density at radius 3 is 2.27 bits per heavy atom. The molecule has 0 radical (unpaired) electrons. The fourth-order valence-electron chi connectivity index (χ4n) is 3.70. The van der Waals surface area contributed by atoms with E-state index in [1.165, 1.54) is 37.7 Å². The summed E-state index contributed by atoms with van der Waals surface area (Å²) in [7, 11) is 0. The van der Waals surface area contributed by atoms with Crippen LogP contribution >= 0.6 is 11.8 Å². The first-order valence-electron chi connectivity index (χ1n) is 10.0. The maximum Gasteiger partial charge on any atom is 0.420 e. The number of aromatic nitrogens is 2. The summed E-state index contributed by atoms with van der Waals surface area (Å²) in [4.78, 5) is 8.75. The summed E-state index contributed by atoms with van der Waals surface area (Å²) in [5.41, 5.74) is 1.23. The van der Waals surface area contributed by atoms with Gasteiger partial charge in [0.1, 0.15) is 10.6 Å². The highest BCUT2D eigenvalue weighted by Gasteiger charge is 2.35. The van der Waals surface area contributed by atoms with Crippen molar-refractivity contribution in [3.8, 4) is 0 Å². The van der Waals surface area contributed by atoms with E-state index in [0.717, 1.165) is 23.6 Å². The van der Waals surface area contributed by atoms with Crippen molar-refractivity contribution in [2.45, 2.75) is 54.1 Å². The number of hydrogen-bond donors (Lipinski definition) is 1. The first-order valence-corrected chi connectivity index (χ1v) is 10.8. The van der Waals surface area contributed by atoms with Gasteiger partial charge in [0.15, 0.2) is 0 Å². The molecular formula is C23H22F3N3S. The highest BCUT2D eigenvalue weighted by molar-refractivity contribution is 7.99. The zero-order chi connectivity index (χ0) is 21.0. The molecule has 0 amide bonds. The quantitative estimate of drug-likeness (QED) is 0.428. The van der Waals surface area contributed by atoms with Gasteiger partial charge in [-0.1, -0.05) is 61.4 Å². The van der Waals surface area contributed by atoms with E-state index in [1.54, 1.807) is 24.3 Å². The predicted octanol–water partition coefficient (Wildman–Crippen LogP) is 7.44. The molecule has 0 spiro atoms. The summed E-state index contributed by atoms with van der Waals surface area (Å²) < 4.78 is 40.3. The zero-order valence-corrected chi connectivity index (χ0v) is 17.1. The molecule has 3 nitrogen and oxygen atoms in total. The van der Waals surface area contributed by atoms with E-state index in [2.05, 4.69) is 27.4 Å². The van der Waals surface area contributed by atoms with Crippen molar-refractivity contribution < 1.29 is 13.2 Å². The van der Waals surface area contributed by atoms with Gasteiger partial charge >= 0.3 is 6.18 Å². The van der Waals surface area contributed by atoms with Crippen LogP contribution in [-0.2, 0) is 6.18 Å². The van der Waals surface area contributed by atoms with E-state index in [-0.39, 0.29) is 11.0 Å².